The molecule has 0 aliphatic rings. The topological polar surface area (TPSA) is 50.1 Å². The van der Waals surface area contributed by atoms with Gasteiger partial charge in [-0.05, 0) is 53.3 Å². The van der Waals surface area contributed by atoms with Gasteiger partial charge < -0.3 is 15.1 Å². The average molecular weight is 361 g/mol. The minimum absolute atomic E-state index is 0.436. The Morgan fingerprint density at radius 2 is 2.32 bits per heavy atom. The molecule has 0 spiro atoms. The molecule has 100 valence electrons. The molecule has 0 aliphatic heterocycles. The van der Waals surface area contributed by atoms with E-state index in [1.807, 2.05) is 19.1 Å². The van der Waals surface area contributed by atoms with E-state index in [9.17, 15) is 0 Å². The fraction of sp³-hybridized carbons (Fsp3) is 0.167. The number of anilines is 1. The Labute approximate surface area is 129 Å². The molecule has 0 amide bonds. The first-order valence-electron chi connectivity index (χ1n) is 5.46. The molecule has 0 aromatic carbocycles. The maximum atomic E-state index is 6.03. The smallest absolute Gasteiger partial charge is 0.172 e. The van der Waals surface area contributed by atoms with Crippen LogP contribution in [0, 0.1) is 6.92 Å². The second-order valence-corrected chi connectivity index (χ2v) is 5.54. The Morgan fingerprint density at radius 1 is 1.53 bits per heavy atom. The number of furan rings is 1. The van der Waals surface area contributed by atoms with E-state index < -0.39 is 0 Å². The van der Waals surface area contributed by atoms with Gasteiger partial charge >= 0.3 is 0 Å². The molecular formula is C12H11BrClN3OS. The van der Waals surface area contributed by atoms with Crippen LogP contribution < -0.4 is 10.6 Å². The number of rotatable bonds is 3. The van der Waals surface area contributed by atoms with Gasteiger partial charge in [0.25, 0.3) is 0 Å². The van der Waals surface area contributed by atoms with Gasteiger partial charge in [-0.25, -0.2) is 4.98 Å². The number of hydrogen-bond acceptors (Lipinski definition) is 3. The van der Waals surface area contributed by atoms with Crippen LogP contribution in [0.25, 0.3) is 0 Å². The van der Waals surface area contributed by atoms with E-state index in [4.69, 9.17) is 28.2 Å². The third-order valence-electron chi connectivity index (χ3n) is 2.26. The van der Waals surface area contributed by atoms with E-state index in [-0.39, 0.29) is 0 Å². The van der Waals surface area contributed by atoms with Crippen LogP contribution in [-0.4, -0.2) is 10.1 Å². The highest BCUT2D eigenvalue weighted by molar-refractivity contribution is 9.10. The third kappa shape index (κ3) is 4.19. The zero-order valence-corrected chi connectivity index (χ0v) is 13.2. The highest BCUT2D eigenvalue weighted by Crippen LogP contribution is 2.22. The standard InChI is InChI=1S/C12H11BrClN3OS/c1-7-2-3-9(18-7)6-16-12(19)17-11-10(14)4-8(13)5-15-11/h2-5H,6H2,1H3,(H2,15,16,17,19). The van der Waals surface area contributed by atoms with E-state index in [2.05, 4.69) is 31.5 Å². The van der Waals surface area contributed by atoms with Crippen LogP contribution in [0.15, 0.2) is 33.3 Å². The number of halogens is 2. The summed E-state index contributed by atoms with van der Waals surface area (Å²) in [6, 6.07) is 5.55. The lowest BCUT2D eigenvalue weighted by atomic mass is 10.4. The molecule has 2 rings (SSSR count). The molecule has 4 nitrogen and oxygen atoms in total. The normalized spacial score (nSPS) is 10.3. The second-order valence-electron chi connectivity index (χ2n) is 3.80. The Morgan fingerprint density at radius 3 is 2.95 bits per heavy atom. The van der Waals surface area contributed by atoms with Crippen molar-refractivity contribution >= 4 is 50.7 Å². The molecule has 0 saturated heterocycles. The monoisotopic (exact) mass is 359 g/mol. The van der Waals surface area contributed by atoms with E-state index in [0.29, 0.717) is 22.5 Å². The summed E-state index contributed by atoms with van der Waals surface area (Å²) >= 11 is 14.5. The maximum Gasteiger partial charge on any atom is 0.172 e. The fourth-order valence-corrected chi connectivity index (χ4v) is 2.25. The Balaban J connectivity index is 1.90. The van der Waals surface area contributed by atoms with Crippen molar-refractivity contribution in [2.45, 2.75) is 13.5 Å². The molecule has 0 atom stereocenters. The third-order valence-corrected chi connectivity index (χ3v) is 3.23. The molecule has 2 aromatic heterocycles. The van der Waals surface area contributed by atoms with Gasteiger partial charge in [-0.2, -0.15) is 0 Å². The van der Waals surface area contributed by atoms with Crippen molar-refractivity contribution in [1.82, 2.24) is 10.3 Å². The predicted octanol–water partition coefficient (Wildman–Crippen LogP) is 3.89. The highest BCUT2D eigenvalue weighted by atomic mass is 79.9. The molecule has 7 heteroatoms. The van der Waals surface area contributed by atoms with Crippen molar-refractivity contribution in [3.63, 3.8) is 0 Å². The van der Waals surface area contributed by atoms with Gasteiger partial charge in [-0.3, -0.25) is 0 Å². The Bertz CT molecular complexity index is 602. The minimum Gasteiger partial charge on any atom is -0.465 e. The van der Waals surface area contributed by atoms with Gasteiger partial charge in [0.15, 0.2) is 10.9 Å². The van der Waals surface area contributed by atoms with Crippen LogP contribution in [0.5, 0.6) is 0 Å². The zero-order valence-electron chi connectivity index (χ0n) is 10.0. The van der Waals surface area contributed by atoms with Crippen LogP contribution in [0.3, 0.4) is 0 Å². The van der Waals surface area contributed by atoms with Gasteiger partial charge in [0.1, 0.15) is 11.5 Å². The number of thiocarbonyl (C=S) groups is 1. The van der Waals surface area contributed by atoms with Crippen molar-refractivity contribution in [3.8, 4) is 0 Å². The van der Waals surface area contributed by atoms with E-state index in [1.165, 1.54) is 0 Å². The fourth-order valence-electron chi connectivity index (χ4n) is 1.41. The first-order valence-corrected chi connectivity index (χ1v) is 7.04. The van der Waals surface area contributed by atoms with Gasteiger partial charge in [0.05, 0.1) is 11.6 Å². The molecule has 0 radical (unpaired) electrons. The first-order chi connectivity index (χ1) is 9.04. The van der Waals surface area contributed by atoms with Crippen LogP contribution in [0.1, 0.15) is 11.5 Å². The number of aromatic nitrogens is 1. The van der Waals surface area contributed by atoms with Crippen LogP contribution in [0.4, 0.5) is 5.82 Å². The second kappa shape index (κ2) is 6.36. The van der Waals surface area contributed by atoms with E-state index in [1.54, 1.807) is 12.3 Å². The summed E-state index contributed by atoms with van der Waals surface area (Å²) in [4.78, 5) is 4.14. The number of nitrogens with one attached hydrogen (secondary N) is 2. The van der Waals surface area contributed by atoms with E-state index in [0.717, 1.165) is 16.0 Å². The summed E-state index contributed by atoms with van der Waals surface area (Å²) in [6.07, 6.45) is 1.65. The largest absolute Gasteiger partial charge is 0.465 e. The molecule has 0 saturated carbocycles. The highest BCUT2D eigenvalue weighted by Gasteiger charge is 2.05. The molecule has 0 bridgehead atoms. The number of nitrogens with zero attached hydrogens (tertiary/aromatic N) is 1. The molecule has 0 fully saturated rings. The quantitative estimate of drug-likeness (QED) is 0.813. The van der Waals surface area contributed by atoms with Gasteiger partial charge in [-0.15, -0.1) is 0 Å². The Hall–Kier alpha value is -1.11. The number of pyridine rings is 1. The number of aryl methyl sites for hydroxylation is 1. The van der Waals surface area contributed by atoms with Crippen molar-refractivity contribution in [3.05, 3.63) is 45.4 Å². The van der Waals surface area contributed by atoms with E-state index >= 15 is 0 Å². The maximum absolute atomic E-state index is 6.03. The van der Waals surface area contributed by atoms with Crippen molar-refractivity contribution < 1.29 is 4.42 Å². The van der Waals surface area contributed by atoms with Crippen LogP contribution in [0.2, 0.25) is 5.02 Å². The summed E-state index contributed by atoms with van der Waals surface area (Å²) in [7, 11) is 0. The van der Waals surface area contributed by atoms with Gasteiger partial charge in [0, 0.05) is 10.7 Å². The zero-order chi connectivity index (χ0) is 13.8. The lowest BCUT2D eigenvalue weighted by Crippen LogP contribution is -2.28. The predicted molar refractivity (Wildman–Crippen MR) is 83.5 cm³/mol. The molecular weight excluding hydrogens is 350 g/mol. The minimum atomic E-state index is 0.436. The summed E-state index contributed by atoms with van der Waals surface area (Å²) in [5, 5.41) is 6.88. The molecule has 0 unspecified atom stereocenters. The van der Waals surface area contributed by atoms with Crippen molar-refractivity contribution in [2.75, 3.05) is 5.32 Å². The molecule has 19 heavy (non-hydrogen) atoms. The van der Waals surface area contributed by atoms with Gasteiger partial charge in [-0.1, -0.05) is 11.6 Å². The van der Waals surface area contributed by atoms with Crippen molar-refractivity contribution in [2.24, 2.45) is 0 Å². The summed E-state index contributed by atoms with van der Waals surface area (Å²) < 4.78 is 6.24. The van der Waals surface area contributed by atoms with Crippen LogP contribution in [-0.2, 0) is 6.54 Å². The first kappa shape index (κ1) is 14.3. The Kier molecular flexibility index (Phi) is 4.79. The summed E-state index contributed by atoms with van der Waals surface area (Å²) in [5.41, 5.74) is 0. The lowest BCUT2D eigenvalue weighted by Gasteiger charge is -2.10. The average Bonchev–Trinajstić information content (AvgIpc) is 2.76. The lowest BCUT2D eigenvalue weighted by molar-refractivity contribution is 0.478. The SMILES string of the molecule is Cc1ccc(CNC(=S)Nc2ncc(Br)cc2Cl)o1. The molecule has 2 heterocycles. The number of hydrogen-bond donors (Lipinski definition) is 2. The molecule has 2 aromatic rings. The van der Waals surface area contributed by atoms with Crippen LogP contribution >= 0.6 is 39.7 Å². The molecule has 0 aliphatic carbocycles. The molecule has 2 N–H and O–H groups in total. The van der Waals surface area contributed by atoms with Gasteiger partial charge in [0.2, 0.25) is 0 Å². The van der Waals surface area contributed by atoms with Crippen molar-refractivity contribution in [1.29, 1.82) is 0 Å². The summed E-state index contributed by atoms with van der Waals surface area (Å²) in [6.45, 7) is 2.40. The summed E-state index contributed by atoms with van der Waals surface area (Å²) in [5.74, 6) is 2.20.